The van der Waals surface area contributed by atoms with Gasteiger partial charge in [-0.05, 0) is 30.5 Å². The zero-order valence-electron chi connectivity index (χ0n) is 19.0. The number of anilines is 2. The van der Waals surface area contributed by atoms with Gasteiger partial charge in [-0.3, -0.25) is 15.0 Å². The van der Waals surface area contributed by atoms with Gasteiger partial charge in [-0.25, -0.2) is 4.98 Å². The van der Waals surface area contributed by atoms with Crippen LogP contribution in [0.2, 0.25) is 15.1 Å². The van der Waals surface area contributed by atoms with Crippen molar-refractivity contribution in [3.05, 3.63) is 66.9 Å². The number of nitrogens with zero attached hydrogens (tertiary/aromatic N) is 2. The number of amidine groups is 1. The van der Waals surface area contributed by atoms with E-state index in [2.05, 4.69) is 15.6 Å². The number of halogens is 3. The summed E-state index contributed by atoms with van der Waals surface area (Å²) < 4.78 is 10.7. The molecule has 3 N–H and O–H groups in total. The minimum Gasteiger partial charge on any atom is -0.494 e. The van der Waals surface area contributed by atoms with E-state index in [1.165, 1.54) is 25.4 Å². The molecule has 36 heavy (non-hydrogen) atoms. The third kappa shape index (κ3) is 5.67. The molecule has 0 spiro atoms. The second kappa shape index (κ2) is 10.9. The lowest BCUT2D eigenvalue weighted by molar-refractivity contribution is 0.102. The predicted molar refractivity (Wildman–Crippen MR) is 141 cm³/mol. The molecule has 0 radical (unpaired) electrons. The van der Waals surface area contributed by atoms with Gasteiger partial charge >= 0.3 is 0 Å². The first-order valence-electron chi connectivity index (χ1n) is 10.5. The van der Waals surface area contributed by atoms with E-state index in [1.54, 1.807) is 22.4 Å². The van der Waals surface area contributed by atoms with Crippen LogP contribution in [0.25, 0.3) is 0 Å². The second-order valence-electron chi connectivity index (χ2n) is 7.82. The largest absolute Gasteiger partial charge is 0.494 e. The molecule has 9 nitrogen and oxygen atoms in total. The van der Waals surface area contributed by atoms with Crippen molar-refractivity contribution < 1.29 is 19.1 Å². The third-order valence-electron chi connectivity index (χ3n) is 5.18. The number of pyridine rings is 1. The number of thiophene rings is 1. The topological polar surface area (TPSA) is 117 Å². The van der Waals surface area contributed by atoms with Crippen molar-refractivity contribution in [2.24, 2.45) is 0 Å². The standard InChI is InChI=1S/C23H20Cl3N5O4S/c1-11-8-31(23(27)35-11)9-12-10-36-20(18(12)26)22(33)30-19-15(5-14(25)6-16(19)34-2)21(32)29-17-4-3-13(24)7-28-17/h3-7,10-11,27H,8-9H2,1-2H3,(H,30,33)(H,28,29,32)/t11-/m1/s1. The molecule has 0 unspecified atom stereocenters. The Balaban J connectivity index is 1.59. The summed E-state index contributed by atoms with van der Waals surface area (Å²) in [5.41, 5.74) is 0.867. The molecule has 3 aromatic rings. The Labute approximate surface area is 225 Å². The Kier molecular flexibility index (Phi) is 7.89. The van der Waals surface area contributed by atoms with Crippen LogP contribution >= 0.6 is 46.1 Å². The molecule has 1 aliphatic heterocycles. The number of hydrogen-bond donors (Lipinski definition) is 3. The van der Waals surface area contributed by atoms with Crippen LogP contribution in [0, 0.1) is 5.41 Å². The number of methoxy groups -OCH3 is 1. The lowest BCUT2D eigenvalue weighted by atomic mass is 10.1. The van der Waals surface area contributed by atoms with Crippen molar-refractivity contribution in [1.29, 1.82) is 5.41 Å². The van der Waals surface area contributed by atoms with Crippen LogP contribution in [0.1, 0.15) is 32.5 Å². The zero-order valence-corrected chi connectivity index (χ0v) is 22.1. The number of carbonyl (C=O) groups is 2. The molecule has 1 atom stereocenters. The van der Waals surface area contributed by atoms with Gasteiger partial charge in [-0.15, -0.1) is 11.3 Å². The van der Waals surface area contributed by atoms with Crippen molar-refractivity contribution in [1.82, 2.24) is 9.88 Å². The highest BCUT2D eigenvalue weighted by atomic mass is 35.5. The van der Waals surface area contributed by atoms with Crippen molar-refractivity contribution >= 4 is 75.5 Å². The van der Waals surface area contributed by atoms with Gasteiger partial charge in [-0.2, -0.15) is 0 Å². The normalized spacial score (nSPS) is 15.0. The number of amides is 2. The van der Waals surface area contributed by atoms with Gasteiger partial charge < -0.3 is 25.0 Å². The maximum atomic E-state index is 13.2. The first-order valence-corrected chi connectivity index (χ1v) is 12.6. The minimum absolute atomic E-state index is 0.0625. The summed E-state index contributed by atoms with van der Waals surface area (Å²) in [7, 11) is 1.40. The molecule has 2 aromatic heterocycles. The van der Waals surface area contributed by atoms with Crippen LogP contribution < -0.4 is 15.4 Å². The first kappa shape index (κ1) is 26.0. The molecule has 1 aliphatic rings. The fourth-order valence-electron chi connectivity index (χ4n) is 3.53. The Morgan fingerprint density at radius 3 is 2.64 bits per heavy atom. The second-order valence-corrected chi connectivity index (χ2v) is 9.95. The van der Waals surface area contributed by atoms with E-state index in [1.807, 2.05) is 6.92 Å². The van der Waals surface area contributed by atoms with E-state index >= 15 is 0 Å². The Morgan fingerprint density at radius 2 is 2.00 bits per heavy atom. The van der Waals surface area contributed by atoms with Gasteiger partial charge in [0.25, 0.3) is 17.8 Å². The Morgan fingerprint density at radius 1 is 1.22 bits per heavy atom. The zero-order chi connectivity index (χ0) is 26.0. The molecule has 4 rings (SSSR count). The molecule has 13 heteroatoms. The van der Waals surface area contributed by atoms with Crippen molar-refractivity contribution in [3.63, 3.8) is 0 Å². The van der Waals surface area contributed by atoms with E-state index in [0.29, 0.717) is 23.7 Å². The van der Waals surface area contributed by atoms with Crippen LogP contribution in [0.4, 0.5) is 11.5 Å². The molecule has 2 amide bonds. The molecule has 1 saturated heterocycles. The molecular weight excluding hydrogens is 549 g/mol. The molecule has 188 valence electrons. The number of rotatable bonds is 7. The van der Waals surface area contributed by atoms with Crippen LogP contribution in [0.5, 0.6) is 5.75 Å². The summed E-state index contributed by atoms with van der Waals surface area (Å²) in [6.07, 6.45) is 1.30. The van der Waals surface area contributed by atoms with Crippen molar-refractivity contribution in [2.45, 2.75) is 19.6 Å². The van der Waals surface area contributed by atoms with Gasteiger partial charge in [0.05, 0.1) is 35.0 Å². The lowest BCUT2D eigenvalue weighted by Gasteiger charge is -2.16. The molecule has 3 heterocycles. The highest BCUT2D eigenvalue weighted by Gasteiger charge is 2.28. The molecule has 0 saturated carbocycles. The smallest absolute Gasteiger partial charge is 0.285 e. The average molecular weight is 569 g/mol. The van der Waals surface area contributed by atoms with Gasteiger partial charge in [0.15, 0.2) is 0 Å². The summed E-state index contributed by atoms with van der Waals surface area (Å²) in [5, 5.41) is 16.0. The van der Waals surface area contributed by atoms with Gasteiger partial charge in [0, 0.05) is 29.4 Å². The number of benzene rings is 1. The Bertz CT molecular complexity index is 1330. The van der Waals surface area contributed by atoms with Crippen molar-refractivity contribution in [3.8, 4) is 5.75 Å². The monoisotopic (exact) mass is 567 g/mol. The van der Waals surface area contributed by atoms with E-state index in [4.69, 9.17) is 49.7 Å². The fraction of sp³-hybridized carbons (Fsp3) is 0.217. The maximum Gasteiger partial charge on any atom is 0.285 e. The van der Waals surface area contributed by atoms with Crippen LogP contribution in [0.15, 0.2) is 35.8 Å². The summed E-state index contributed by atoms with van der Waals surface area (Å²) in [4.78, 5) is 32.3. The molecule has 1 fully saturated rings. The van der Waals surface area contributed by atoms with Crippen LogP contribution in [-0.2, 0) is 11.3 Å². The quantitative estimate of drug-likeness (QED) is 0.333. The third-order valence-corrected chi connectivity index (χ3v) is 7.20. The lowest BCUT2D eigenvalue weighted by Crippen LogP contribution is -2.24. The maximum absolute atomic E-state index is 13.2. The molecule has 0 aliphatic carbocycles. The van der Waals surface area contributed by atoms with Gasteiger partial charge in [-0.1, -0.05) is 34.8 Å². The van der Waals surface area contributed by atoms with Crippen LogP contribution in [-0.4, -0.2) is 47.5 Å². The number of nitrogens with one attached hydrogen (secondary N) is 3. The van der Waals surface area contributed by atoms with Gasteiger partial charge in [0.1, 0.15) is 22.5 Å². The SMILES string of the molecule is COc1cc(Cl)cc(C(=O)Nc2ccc(Cl)cn2)c1NC(=O)c1scc(CN2C[C@@H](C)OC2=N)c1Cl. The number of aromatic nitrogens is 1. The number of carbonyl (C=O) groups excluding carboxylic acids is 2. The summed E-state index contributed by atoms with van der Waals surface area (Å²) in [6, 6.07) is 6.08. The highest BCUT2D eigenvalue weighted by Crippen LogP contribution is 2.36. The predicted octanol–water partition coefficient (Wildman–Crippen LogP) is 5.77. The molecule has 0 bridgehead atoms. The Hall–Kier alpha value is -3.05. The minimum atomic E-state index is -0.569. The summed E-state index contributed by atoms with van der Waals surface area (Å²) >= 11 is 19.7. The first-order chi connectivity index (χ1) is 17.2. The van der Waals surface area contributed by atoms with Crippen molar-refractivity contribution in [2.75, 3.05) is 24.3 Å². The molecular formula is C23H20Cl3N5O4S. The fourth-order valence-corrected chi connectivity index (χ4v) is 5.09. The average Bonchev–Trinajstić information content (AvgIpc) is 3.36. The summed E-state index contributed by atoms with van der Waals surface area (Å²) in [6.45, 7) is 2.76. The molecule has 1 aromatic carbocycles. The van der Waals surface area contributed by atoms with E-state index < -0.39 is 11.8 Å². The van der Waals surface area contributed by atoms with Crippen LogP contribution in [0.3, 0.4) is 0 Å². The van der Waals surface area contributed by atoms with E-state index in [0.717, 1.165) is 11.3 Å². The van der Waals surface area contributed by atoms with E-state index in [-0.39, 0.29) is 49.9 Å². The highest BCUT2D eigenvalue weighted by molar-refractivity contribution is 7.13. The number of hydrogen-bond acceptors (Lipinski definition) is 7. The van der Waals surface area contributed by atoms with E-state index in [9.17, 15) is 9.59 Å². The summed E-state index contributed by atoms with van der Waals surface area (Å²) in [5.74, 6) is -0.649. The van der Waals surface area contributed by atoms with Gasteiger partial charge in [0.2, 0.25) is 0 Å². The number of ether oxygens (including phenoxy) is 2.